The van der Waals surface area contributed by atoms with Crippen molar-refractivity contribution in [3.63, 3.8) is 0 Å². The fourth-order valence-electron chi connectivity index (χ4n) is 4.33. The number of anilines is 2. The van der Waals surface area contributed by atoms with Crippen molar-refractivity contribution in [2.24, 2.45) is 12.8 Å². The number of fused-ring (bicyclic) bond motifs is 1. The van der Waals surface area contributed by atoms with Crippen LogP contribution in [-0.4, -0.2) is 61.7 Å². The van der Waals surface area contributed by atoms with Gasteiger partial charge in [0.15, 0.2) is 0 Å². The normalized spacial score (nSPS) is 15.1. The zero-order chi connectivity index (χ0) is 22.9. The van der Waals surface area contributed by atoms with Crippen molar-refractivity contribution in [2.45, 2.75) is 18.9 Å². The number of aromatic nitrogens is 5. The van der Waals surface area contributed by atoms with Gasteiger partial charge in [0, 0.05) is 53.8 Å². The Morgan fingerprint density at radius 2 is 1.79 bits per heavy atom. The number of nitrogens with zero attached hydrogens (tertiary/aromatic N) is 7. The summed E-state index contributed by atoms with van der Waals surface area (Å²) in [6, 6.07) is 7.73. The molecule has 4 aromatic rings. The second-order valence-corrected chi connectivity index (χ2v) is 8.53. The number of carbonyl (C=O) groups excluding carboxylic acids is 1. The van der Waals surface area contributed by atoms with Crippen LogP contribution in [0.5, 0.6) is 0 Å². The summed E-state index contributed by atoms with van der Waals surface area (Å²) in [5.74, 6) is 0.971. The van der Waals surface area contributed by atoms with Crippen molar-refractivity contribution in [1.29, 1.82) is 0 Å². The van der Waals surface area contributed by atoms with E-state index in [0.717, 1.165) is 53.8 Å². The number of amides is 1. The number of hydrogen-bond donors (Lipinski definition) is 1. The molecular weight excluding hydrogens is 416 g/mol. The van der Waals surface area contributed by atoms with E-state index in [-0.39, 0.29) is 6.04 Å². The highest BCUT2D eigenvalue weighted by Crippen LogP contribution is 2.32. The molecule has 168 valence electrons. The van der Waals surface area contributed by atoms with E-state index >= 15 is 0 Å². The number of rotatable bonds is 5. The summed E-state index contributed by atoms with van der Waals surface area (Å²) in [5.41, 5.74) is 8.79. The largest absolute Gasteiger partial charge is 0.366 e. The first kappa shape index (κ1) is 21.0. The lowest BCUT2D eigenvalue weighted by Crippen LogP contribution is -2.42. The average Bonchev–Trinajstić information content (AvgIpc) is 3.26. The third-order valence-corrected chi connectivity index (χ3v) is 6.17. The number of pyridine rings is 3. The number of primary amides is 1. The van der Waals surface area contributed by atoms with Crippen LogP contribution in [0.15, 0.2) is 55.2 Å². The lowest BCUT2D eigenvalue weighted by molar-refractivity contribution is 0.1000. The molecule has 5 rings (SSSR count). The van der Waals surface area contributed by atoms with E-state index in [2.05, 4.69) is 38.0 Å². The molecule has 0 spiro atoms. The van der Waals surface area contributed by atoms with Crippen LogP contribution in [0, 0.1) is 0 Å². The standard InChI is InChI=1S/C24H26N8O/c1-30-7-4-20(5-8-30)32(22-10-16(24(25)33)3-6-26-22)23-11-17-9-18(12-27-21(17)14-28-23)19-13-29-31(2)15-19/h3,6,9-15,20H,4-5,7-8H2,1-2H3,(H2,25,33). The van der Waals surface area contributed by atoms with Crippen LogP contribution in [-0.2, 0) is 7.05 Å². The minimum atomic E-state index is -0.473. The predicted molar refractivity (Wildman–Crippen MR) is 127 cm³/mol. The molecule has 9 heteroatoms. The molecule has 0 radical (unpaired) electrons. The van der Waals surface area contributed by atoms with Crippen LogP contribution in [0.2, 0.25) is 0 Å². The lowest BCUT2D eigenvalue weighted by atomic mass is 10.0. The highest BCUT2D eigenvalue weighted by atomic mass is 16.1. The second kappa shape index (κ2) is 8.59. The van der Waals surface area contributed by atoms with E-state index in [9.17, 15) is 4.79 Å². The first-order valence-corrected chi connectivity index (χ1v) is 11.0. The Hall–Kier alpha value is -3.85. The minimum absolute atomic E-state index is 0.205. The molecule has 0 aromatic carbocycles. The molecule has 4 aromatic heterocycles. The van der Waals surface area contributed by atoms with E-state index in [1.54, 1.807) is 29.2 Å². The van der Waals surface area contributed by atoms with Gasteiger partial charge < -0.3 is 15.5 Å². The smallest absolute Gasteiger partial charge is 0.248 e. The van der Waals surface area contributed by atoms with Crippen molar-refractivity contribution in [3.8, 4) is 11.1 Å². The number of carbonyl (C=O) groups is 1. The Morgan fingerprint density at radius 1 is 1.00 bits per heavy atom. The fourth-order valence-corrected chi connectivity index (χ4v) is 4.33. The topological polar surface area (TPSA) is 106 Å². The van der Waals surface area contributed by atoms with E-state index in [1.807, 2.05) is 31.7 Å². The monoisotopic (exact) mass is 442 g/mol. The summed E-state index contributed by atoms with van der Waals surface area (Å²) in [6.07, 6.45) is 11.0. The van der Waals surface area contributed by atoms with Gasteiger partial charge in [0.2, 0.25) is 5.91 Å². The van der Waals surface area contributed by atoms with Crippen molar-refractivity contribution in [1.82, 2.24) is 29.6 Å². The van der Waals surface area contributed by atoms with Gasteiger partial charge in [-0.15, -0.1) is 0 Å². The van der Waals surface area contributed by atoms with E-state index in [0.29, 0.717) is 11.4 Å². The van der Waals surface area contributed by atoms with Gasteiger partial charge in [-0.05, 0) is 57.2 Å². The average molecular weight is 443 g/mol. The summed E-state index contributed by atoms with van der Waals surface area (Å²) >= 11 is 0. The Labute approximate surface area is 191 Å². The van der Waals surface area contributed by atoms with Crippen LogP contribution < -0.4 is 10.6 Å². The molecule has 1 aliphatic rings. The molecule has 5 heterocycles. The van der Waals surface area contributed by atoms with Gasteiger partial charge in [-0.1, -0.05) is 0 Å². The second-order valence-electron chi connectivity index (χ2n) is 8.53. The SMILES string of the molecule is CN1CCC(N(c2cc(C(N)=O)ccn2)c2cc3cc(-c4cnn(C)c4)cnc3cn2)CC1. The van der Waals surface area contributed by atoms with Gasteiger partial charge in [-0.3, -0.25) is 14.5 Å². The number of likely N-dealkylation sites (tertiary alicyclic amines) is 1. The molecule has 1 amide bonds. The molecule has 1 aliphatic heterocycles. The summed E-state index contributed by atoms with van der Waals surface area (Å²) < 4.78 is 1.77. The highest BCUT2D eigenvalue weighted by Gasteiger charge is 2.27. The number of aryl methyl sites for hydroxylation is 1. The molecule has 1 saturated heterocycles. The summed E-state index contributed by atoms with van der Waals surface area (Å²) in [6.45, 7) is 1.97. The van der Waals surface area contributed by atoms with Gasteiger partial charge in [-0.25, -0.2) is 9.97 Å². The molecule has 0 atom stereocenters. The predicted octanol–water partition coefficient (Wildman–Crippen LogP) is 2.76. The molecular formula is C24H26N8O. The maximum atomic E-state index is 11.8. The molecule has 0 saturated carbocycles. The van der Waals surface area contributed by atoms with E-state index in [1.165, 1.54) is 0 Å². The van der Waals surface area contributed by atoms with Gasteiger partial charge in [0.05, 0.1) is 17.9 Å². The number of piperidine rings is 1. The fraction of sp³-hybridized carbons (Fsp3) is 0.292. The number of nitrogens with two attached hydrogens (primary N) is 1. The molecule has 0 aliphatic carbocycles. The number of hydrogen-bond acceptors (Lipinski definition) is 7. The maximum absolute atomic E-state index is 11.8. The molecule has 33 heavy (non-hydrogen) atoms. The maximum Gasteiger partial charge on any atom is 0.248 e. The third kappa shape index (κ3) is 4.27. The van der Waals surface area contributed by atoms with Crippen molar-refractivity contribution in [2.75, 3.05) is 25.0 Å². The zero-order valence-electron chi connectivity index (χ0n) is 18.7. The van der Waals surface area contributed by atoms with Crippen LogP contribution in [0.4, 0.5) is 11.6 Å². The van der Waals surface area contributed by atoms with Gasteiger partial charge in [0.1, 0.15) is 11.6 Å². The van der Waals surface area contributed by atoms with Crippen molar-refractivity contribution in [3.05, 3.63) is 60.8 Å². The minimum Gasteiger partial charge on any atom is -0.366 e. The van der Waals surface area contributed by atoms with Crippen LogP contribution in [0.1, 0.15) is 23.2 Å². The third-order valence-electron chi connectivity index (χ3n) is 6.17. The molecule has 1 fully saturated rings. The summed E-state index contributed by atoms with van der Waals surface area (Å²) in [7, 11) is 4.03. The Morgan fingerprint density at radius 3 is 2.52 bits per heavy atom. The van der Waals surface area contributed by atoms with Gasteiger partial charge >= 0.3 is 0 Å². The Balaban J connectivity index is 1.59. The van der Waals surface area contributed by atoms with E-state index < -0.39 is 5.91 Å². The van der Waals surface area contributed by atoms with Crippen molar-refractivity contribution < 1.29 is 4.79 Å². The van der Waals surface area contributed by atoms with Crippen LogP contribution in [0.25, 0.3) is 22.0 Å². The Bertz CT molecular complexity index is 1310. The van der Waals surface area contributed by atoms with Crippen LogP contribution in [0.3, 0.4) is 0 Å². The first-order valence-electron chi connectivity index (χ1n) is 11.0. The van der Waals surface area contributed by atoms with Gasteiger partial charge in [0.25, 0.3) is 0 Å². The van der Waals surface area contributed by atoms with Crippen LogP contribution >= 0.6 is 0 Å². The zero-order valence-corrected chi connectivity index (χ0v) is 18.7. The molecule has 9 nitrogen and oxygen atoms in total. The Kier molecular flexibility index (Phi) is 5.47. The molecule has 2 N–H and O–H groups in total. The van der Waals surface area contributed by atoms with Crippen molar-refractivity contribution >= 4 is 28.4 Å². The van der Waals surface area contributed by atoms with E-state index in [4.69, 9.17) is 10.7 Å². The first-order chi connectivity index (χ1) is 16.0. The summed E-state index contributed by atoms with van der Waals surface area (Å²) in [4.78, 5) is 30.2. The van der Waals surface area contributed by atoms with Gasteiger partial charge in [-0.2, -0.15) is 5.10 Å². The summed E-state index contributed by atoms with van der Waals surface area (Å²) in [5, 5.41) is 5.24. The highest BCUT2D eigenvalue weighted by molar-refractivity contribution is 5.93. The molecule has 0 unspecified atom stereocenters. The lowest BCUT2D eigenvalue weighted by Gasteiger charge is -2.37. The molecule has 0 bridgehead atoms. The quantitative estimate of drug-likeness (QED) is 0.506.